The second-order valence-corrected chi connectivity index (χ2v) is 3.35. The minimum absolute atomic E-state index is 0.613. The van der Waals surface area contributed by atoms with E-state index in [0.717, 1.165) is 0 Å². The Morgan fingerprint density at radius 1 is 1.12 bits per heavy atom. The highest BCUT2D eigenvalue weighted by molar-refractivity contribution is 5.70. The van der Waals surface area contributed by atoms with Crippen LogP contribution in [0.25, 0.3) is 0 Å². The van der Waals surface area contributed by atoms with Crippen LogP contribution in [0.5, 0.6) is 0 Å². The van der Waals surface area contributed by atoms with Gasteiger partial charge in [0.2, 0.25) is 6.29 Å². The summed E-state index contributed by atoms with van der Waals surface area (Å²) in [4.78, 5) is 10.7. The molecule has 0 saturated carbocycles. The van der Waals surface area contributed by atoms with Crippen LogP contribution in [-0.2, 0) is 14.3 Å². The van der Waals surface area contributed by atoms with Crippen LogP contribution in [-0.4, -0.2) is 75.4 Å². The van der Waals surface area contributed by atoms with Crippen LogP contribution < -0.4 is 0 Å². The molecule has 1 saturated heterocycles. The summed E-state index contributed by atoms with van der Waals surface area (Å²) in [5.41, 5.74) is 0. The molecule has 16 heavy (non-hydrogen) atoms. The summed E-state index contributed by atoms with van der Waals surface area (Å²) < 4.78 is 9.30. The SMILES string of the molecule is O=C(CO)O[C@@H]1O[C@H](CO)[C@H](O)[C@H](O)[C@H]1O. The van der Waals surface area contributed by atoms with Crippen LogP contribution in [0.2, 0.25) is 0 Å². The van der Waals surface area contributed by atoms with E-state index in [4.69, 9.17) is 14.9 Å². The number of rotatable bonds is 3. The van der Waals surface area contributed by atoms with Gasteiger partial charge in [0.05, 0.1) is 6.61 Å². The summed E-state index contributed by atoms with van der Waals surface area (Å²) >= 11 is 0. The molecule has 8 nitrogen and oxygen atoms in total. The maximum absolute atomic E-state index is 10.7. The quantitative estimate of drug-likeness (QED) is 0.317. The topological polar surface area (TPSA) is 137 Å². The Bertz CT molecular complexity index is 242. The lowest BCUT2D eigenvalue weighted by atomic mass is 9.99. The Balaban J connectivity index is 2.67. The molecule has 1 aliphatic rings. The molecule has 1 aliphatic heterocycles. The van der Waals surface area contributed by atoms with E-state index in [2.05, 4.69) is 4.74 Å². The fourth-order valence-electron chi connectivity index (χ4n) is 1.33. The van der Waals surface area contributed by atoms with Crippen molar-refractivity contribution in [2.45, 2.75) is 30.7 Å². The molecule has 0 aliphatic carbocycles. The van der Waals surface area contributed by atoms with E-state index < -0.39 is 49.9 Å². The first-order valence-corrected chi connectivity index (χ1v) is 4.62. The molecular formula is C8H14O8. The van der Waals surface area contributed by atoms with Gasteiger partial charge in [0, 0.05) is 0 Å². The summed E-state index contributed by atoms with van der Waals surface area (Å²) in [5.74, 6) is -1.05. The molecule has 0 aromatic rings. The number of carbonyl (C=O) groups excluding carboxylic acids is 1. The molecular weight excluding hydrogens is 224 g/mol. The van der Waals surface area contributed by atoms with E-state index in [-0.39, 0.29) is 0 Å². The number of ether oxygens (including phenoxy) is 2. The molecule has 0 bridgehead atoms. The van der Waals surface area contributed by atoms with Gasteiger partial charge in [-0.25, -0.2) is 4.79 Å². The summed E-state index contributed by atoms with van der Waals surface area (Å²) in [6, 6.07) is 0. The summed E-state index contributed by atoms with van der Waals surface area (Å²) in [6.07, 6.45) is -7.44. The number of aliphatic hydroxyl groups excluding tert-OH is 5. The summed E-state index contributed by atoms with van der Waals surface area (Å²) in [6.45, 7) is -1.52. The Hall–Kier alpha value is -0.770. The highest BCUT2D eigenvalue weighted by Gasteiger charge is 2.45. The van der Waals surface area contributed by atoms with Crippen molar-refractivity contribution >= 4 is 5.97 Å². The zero-order valence-corrected chi connectivity index (χ0v) is 8.26. The van der Waals surface area contributed by atoms with Crippen molar-refractivity contribution in [1.82, 2.24) is 0 Å². The average molecular weight is 238 g/mol. The second kappa shape index (κ2) is 5.53. The molecule has 1 rings (SSSR count). The monoisotopic (exact) mass is 238 g/mol. The van der Waals surface area contributed by atoms with Gasteiger partial charge in [0.1, 0.15) is 31.0 Å². The van der Waals surface area contributed by atoms with E-state index in [1.807, 2.05) is 0 Å². The highest BCUT2D eigenvalue weighted by atomic mass is 16.7. The Labute approximate surface area is 90.6 Å². The van der Waals surface area contributed by atoms with Gasteiger partial charge in [-0.05, 0) is 0 Å². The van der Waals surface area contributed by atoms with Gasteiger partial charge in [-0.2, -0.15) is 0 Å². The maximum atomic E-state index is 10.7. The van der Waals surface area contributed by atoms with Crippen LogP contribution in [0.1, 0.15) is 0 Å². The van der Waals surface area contributed by atoms with Gasteiger partial charge >= 0.3 is 5.97 Å². The number of esters is 1. The van der Waals surface area contributed by atoms with Crippen molar-refractivity contribution in [1.29, 1.82) is 0 Å². The fraction of sp³-hybridized carbons (Fsp3) is 0.875. The van der Waals surface area contributed by atoms with E-state index in [0.29, 0.717) is 0 Å². The first-order valence-electron chi connectivity index (χ1n) is 4.62. The molecule has 94 valence electrons. The minimum atomic E-state index is -1.65. The zero-order chi connectivity index (χ0) is 12.3. The van der Waals surface area contributed by atoms with Crippen LogP contribution in [0, 0.1) is 0 Å². The van der Waals surface area contributed by atoms with Gasteiger partial charge in [-0.3, -0.25) is 0 Å². The van der Waals surface area contributed by atoms with Crippen LogP contribution in [0.3, 0.4) is 0 Å². The third kappa shape index (κ3) is 2.67. The molecule has 1 fully saturated rings. The van der Waals surface area contributed by atoms with Gasteiger partial charge in [-0.15, -0.1) is 0 Å². The lowest BCUT2D eigenvalue weighted by Gasteiger charge is -2.38. The van der Waals surface area contributed by atoms with E-state index in [9.17, 15) is 20.1 Å². The van der Waals surface area contributed by atoms with E-state index in [1.165, 1.54) is 0 Å². The van der Waals surface area contributed by atoms with Crippen molar-refractivity contribution < 1.29 is 39.8 Å². The predicted octanol–water partition coefficient (Wildman–Crippen LogP) is -3.68. The maximum Gasteiger partial charge on any atom is 0.334 e. The number of hydrogen-bond donors (Lipinski definition) is 5. The van der Waals surface area contributed by atoms with Gasteiger partial charge < -0.3 is 35.0 Å². The van der Waals surface area contributed by atoms with E-state index in [1.54, 1.807) is 0 Å². The van der Waals surface area contributed by atoms with Crippen molar-refractivity contribution in [2.75, 3.05) is 13.2 Å². The lowest BCUT2D eigenvalue weighted by molar-refractivity contribution is -0.293. The first-order chi connectivity index (χ1) is 7.51. The predicted molar refractivity (Wildman–Crippen MR) is 46.9 cm³/mol. The van der Waals surface area contributed by atoms with Crippen molar-refractivity contribution in [3.63, 3.8) is 0 Å². The molecule has 0 amide bonds. The molecule has 0 unspecified atom stereocenters. The van der Waals surface area contributed by atoms with Gasteiger partial charge in [0.15, 0.2) is 0 Å². The standard InChI is InChI=1S/C8H14O8/c9-1-3-5(12)6(13)7(14)8(15-3)16-4(11)2-10/h3,5-10,12-14H,1-2H2/t3-,5+,6+,7-,8+/m1/s1. The molecule has 0 aromatic heterocycles. The number of hydrogen-bond acceptors (Lipinski definition) is 8. The average Bonchev–Trinajstić information content (AvgIpc) is 2.29. The Morgan fingerprint density at radius 3 is 2.25 bits per heavy atom. The Morgan fingerprint density at radius 2 is 1.75 bits per heavy atom. The van der Waals surface area contributed by atoms with Crippen molar-refractivity contribution in [3.05, 3.63) is 0 Å². The van der Waals surface area contributed by atoms with Crippen molar-refractivity contribution in [3.8, 4) is 0 Å². The van der Waals surface area contributed by atoms with Crippen LogP contribution >= 0.6 is 0 Å². The number of aliphatic hydroxyl groups is 5. The highest BCUT2D eigenvalue weighted by Crippen LogP contribution is 2.21. The summed E-state index contributed by atoms with van der Waals surface area (Å²) in [5, 5.41) is 45.3. The molecule has 5 atom stereocenters. The molecule has 5 N–H and O–H groups in total. The minimum Gasteiger partial charge on any atom is -0.431 e. The lowest BCUT2D eigenvalue weighted by Crippen LogP contribution is -2.59. The molecule has 8 heteroatoms. The largest absolute Gasteiger partial charge is 0.431 e. The molecule has 0 radical (unpaired) electrons. The van der Waals surface area contributed by atoms with E-state index >= 15 is 0 Å². The number of carbonyl (C=O) groups is 1. The van der Waals surface area contributed by atoms with Gasteiger partial charge in [0.25, 0.3) is 0 Å². The normalized spacial score (nSPS) is 39.4. The van der Waals surface area contributed by atoms with Crippen molar-refractivity contribution in [2.24, 2.45) is 0 Å². The molecule has 1 heterocycles. The first kappa shape index (κ1) is 13.3. The smallest absolute Gasteiger partial charge is 0.334 e. The Kier molecular flexibility index (Phi) is 4.59. The second-order valence-electron chi connectivity index (χ2n) is 3.35. The van der Waals surface area contributed by atoms with Crippen LogP contribution in [0.4, 0.5) is 0 Å². The summed E-state index contributed by atoms with van der Waals surface area (Å²) in [7, 11) is 0. The van der Waals surface area contributed by atoms with Gasteiger partial charge in [-0.1, -0.05) is 0 Å². The zero-order valence-electron chi connectivity index (χ0n) is 8.26. The molecule has 0 spiro atoms. The molecule has 0 aromatic carbocycles. The van der Waals surface area contributed by atoms with Crippen LogP contribution in [0.15, 0.2) is 0 Å². The fourth-order valence-corrected chi connectivity index (χ4v) is 1.33. The third-order valence-electron chi connectivity index (χ3n) is 2.23. The third-order valence-corrected chi connectivity index (χ3v) is 2.23.